The molecule has 0 spiro atoms. The fourth-order valence-electron chi connectivity index (χ4n) is 8.53. The summed E-state index contributed by atoms with van der Waals surface area (Å²) in [6.07, 6.45) is 3.45. The van der Waals surface area contributed by atoms with Gasteiger partial charge in [-0.1, -0.05) is 140 Å². The lowest BCUT2D eigenvalue weighted by atomic mass is 9.92. The molecule has 0 saturated heterocycles. The summed E-state index contributed by atoms with van der Waals surface area (Å²) in [6.45, 7) is 0. The van der Waals surface area contributed by atoms with Gasteiger partial charge in [-0.15, -0.1) is 0 Å². The Morgan fingerprint density at radius 1 is 0.392 bits per heavy atom. The van der Waals surface area contributed by atoms with Gasteiger partial charge in [0.25, 0.3) is 0 Å². The molecule has 0 radical (unpaired) electrons. The Hall–Kier alpha value is -5.93. The Balaban J connectivity index is 1.37. The molecule has 1 aliphatic rings. The van der Waals surface area contributed by atoms with E-state index in [1.165, 1.54) is 64.2 Å². The second-order valence-corrected chi connectivity index (χ2v) is 19.6. The highest BCUT2D eigenvalue weighted by Gasteiger charge is 2.50. The molecular formula is C46H31N2OPSi. The largest absolute Gasteiger partial charge is 0.305 e. The molecule has 240 valence electrons. The molecule has 0 atom stereocenters. The van der Waals surface area contributed by atoms with Gasteiger partial charge in [0.15, 0.2) is 8.07 Å². The monoisotopic (exact) mass is 686 g/mol. The van der Waals surface area contributed by atoms with Gasteiger partial charge in [0.2, 0.25) is 7.14 Å². The number of nitrogens with zero attached hydrogens (tertiary/aromatic N) is 2. The average molecular weight is 687 g/mol. The lowest BCUT2D eigenvalue weighted by Gasteiger charge is -2.32. The third-order valence-corrected chi connectivity index (χ3v) is 18.4. The van der Waals surface area contributed by atoms with Crippen LogP contribution in [0.2, 0.25) is 0 Å². The van der Waals surface area contributed by atoms with Crippen LogP contribution in [0.5, 0.6) is 0 Å². The van der Waals surface area contributed by atoms with Crippen molar-refractivity contribution in [3.05, 3.63) is 188 Å². The van der Waals surface area contributed by atoms with Crippen LogP contribution < -0.4 is 36.9 Å². The molecule has 0 N–H and O–H groups in total. The third-order valence-electron chi connectivity index (χ3n) is 10.7. The van der Waals surface area contributed by atoms with Gasteiger partial charge in [-0.25, -0.2) is 0 Å². The number of rotatable bonds is 5. The highest BCUT2D eigenvalue weighted by molar-refractivity contribution is 7.85. The standard InChI is InChI=1S/C46H31N2OPSi/c49-50(45-23-11-13-27-47-45,46-24-12-14-28-48-46)32-25-26-39-42-30-40-37-21-9-7-19-35(37)36-20-8-10-22-38(36)41(40)31-44(42)51(43(39)29-32,33-15-3-1-4-16-33)34-17-5-2-6-18-34/h1-31H. The van der Waals surface area contributed by atoms with Crippen molar-refractivity contribution in [3.8, 4) is 11.1 Å². The Labute approximate surface area is 297 Å². The molecule has 2 aromatic heterocycles. The quantitative estimate of drug-likeness (QED) is 0.112. The van der Waals surface area contributed by atoms with E-state index in [4.69, 9.17) is 9.97 Å². The van der Waals surface area contributed by atoms with Crippen LogP contribution >= 0.6 is 7.14 Å². The SMILES string of the molecule is O=P(c1ccc2c(c1)[Si](c1ccccc1)(c1ccccc1)c1cc3c4ccccc4c4ccccc4c3cc1-2)(c1ccccn1)c1ccccn1. The Morgan fingerprint density at radius 2 is 0.843 bits per heavy atom. The molecule has 7 aromatic carbocycles. The zero-order valence-corrected chi connectivity index (χ0v) is 29.5. The molecule has 1 aliphatic heterocycles. The normalized spacial score (nSPS) is 13.3. The predicted molar refractivity (Wildman–Crippen MR) is 217 cm³/mol. The number of fused-ring (bicyclic) bond motifs is 9. The van der Waals surface area contributed by atoms with Crippen LogP contribution in [0.4, 0.5) is 0 Å². The topological polar surface area (TPSA) is 42.9 Å². The third kappa shape index (κ3) is 4.27. The summed E-state index contributed by atoms with van der Waals surface area (Å²) in [7, 11) is -6.42. The van der Waals surface area contributed by atoms with E-state index >= 15 is 4.57 Å². The Morgan fingerprint density at radius 3 is 1.35 bits per heavy atom. The molecule has 9 aromatic rings. The molecule has 0 bridgehead atoms. The van der Waals surface area contributed by atoms with E-state index in [0.29, 0.717) is 10.9 Å². The smallest absolute Gasteiger partial charge is 0.205 e. The first-order valence-electron chi connectivity index (χ1n) is 17.3. The van der Waals surface area contributed by atoms with Crippen molar-refractivity contribution in [2.24, 2.45) is 0 Å². The second kappa shape index (κ2) is 11.6. The molecule has 3 heterocycles. The Kier molecular flexibility index (Phi) is 6.79. The van der Waals surface area contributed by atoms with Crippen LogP contribution in [0.3, 0.4) is 0 Å². The summed E-state index contributed by atoms with van der Waals surface area (Å²) in [5.41, 5.74) is 3.51. The molecule has 5 heteroatoms. The maximum atomic E-state index is 15.7. The number of benzene rings is 7. The van der Waals surface area contributed by atoms with Gasteiger partial charge in [-0.3, -0.25) is 9.97 Å². The van der Waals surface area contributed by atoms with Crippen LogP contribution in [0.25, 0.3) is 43.4 Å². The van der Waals surface area contributed by atoms with Gasteiger partial charge < -0.3 is 4.57 Å². The molecule has 0 amide bonds. The van der Waals surface area contributed by atoms with Crippen molar-refractivity contribution >= 4 is 84.5 Å². The zero-order chi connectivity index (χ0) is 34.0. The number of hydrogen-bond acceptors (Lipinski definition) is 3. The number of hydrogen-bond donors (Lipinski definition) is 0. The van der Waals surface area contributed by atoms with E-state index in [2.05, 4.69) is 140 Å². The van der Waals surface area contributed by atoms with E-state index in [1.54, 1.807) is 12.4 Å². The maximum absolute atomic E-state index is 15.7. The minimum absolute atomic E-state index is 0.537. The van der Waals surface area contributed by atoms with Crippen molar-refractivity contribution in [2.45, 2.75) is 0 Å². The fraction of sp³-hybridized carbons (Fsp3) is 0. The van der Waals surface area contributed by atoms with Crippen LogP contribution in [0.15, 0.2) is 188 Å². The molecule has 3 nitrogen and oxygen atoms in total. The van der Waals surface area contributed by atoms with E-state index in [1.807, 2.05) is 36.4 Å². The molecule has 0 aliphatic carbocycles. The summed E-state index contributed by atoms with van der Waals surface area (Å²) < 4.78 is 15.7. The van der Waals surface area contributed by atoms with Gasteiger partial charge in [0, 0.05) is 17.7 Å². The summed E-state index contributed by atoms with van der Waals surface area (Å²) in [4.78, 5) is 9.39. The molecule has 0 unspecified atom stereocenters. The van der Waals surface area contributed by atoms with Gasteiger partial charge in [0.05, 0.1) is 0 Å². The van der Waals surface area contributed by atoms with Crippen molar-refractivity contribution in [3.63, 3.8) is 0 Å². The van der Waals surface area contributed by atoms with E-state index < -0.39 is 15.2 Å². The highest BCUT2D eigenvalue weighted by atomic mass is 31.2. The van der Waals surface area contributed by atoms with Crippen molar-refractivity contribution in [1.29, 1.82) is 0 Å². The number of aromatic nitrogens is 2. The molecule has 10 rings (SSSR count). The minimum Gasteiger partial charge on any atom is -0.305 e. The van der Waals surface area contributed by atoms with Crippen molar-refractivity contribution in [1.82, 2.24) is 9.97 Å². The summed E-state index contributed by atoms with van der Waals surface area (Å²) in [5.74, 6) is 0. The summed E-state index contributed by atoms with van der Waals surface area (Å²) in [6, 6.07) is 62.4. The maximum Gasteiger partial charge on any atom is 0.205 e. The minimum atomic E-state index is -3.45. The highest BCUT2D eigenvalue weighted by Crippen LogP contribution is 2.43. The lowest BCUT2D eigenvalue weighted by Crippen LogP contribution is -2.73. The first kappa shape index (κ1) is 29.9. The van der Waals surface area contributed by atoms with Crippen molar-refractivity contribution < 1.29 is 4.57 Å². The lowest BCUT2D eigenvalue weighted by molar-refractivity contribution is 0.591. The van der Waals surface area contributed by atoms with Crippen LogP contribution in [0.1, 0.15) is 0 Å². The van der Waals surface area contributed by atoms with Crippen LogP contribution in [-0.4, -0.2) is 18.0 Å². The van der Waals surface area contributed by atoms with Gasteiger partial charge in [0.1, 0.15) is 10.9 Å². The zero-order valence-electron chi connectivity index (χ0n) is 27.6. The van der Waals surface area contributed by atoms with Gasteiger partial charge >= 0.3 is 0 Å². The second-order valence-electron chi connectivity index (χ2n) is 13.2. The average Bonchev–Trinajstić information content (AvgIpc) is 3.51. The summed E-state index contributed by atoms with van der Waals surface area (Å²) in [5, 5.41) is 13.5. The van der Waals surface area contributed by atoms with E-state index in [-0.39, 0.29) is 0 Å². The van der Waals surface area contributed by atoms with Crippen LogP contribution in [-0.2, 0) is 4.57 Å². The molecule has 0 fully saturated rings. The fourth-order valence-corrected chi connectivity index (χ4v) is 16.3. The number of pyridine rings is 2. The molecule has 0 saturated carbocycles. The Bertz CT molecular complexity index is 2740. The molecular weight excluding hydrogens is 656 g/mol. The van der Waals surface area contributed by atoms with Gasteiger partial charge in [-0.2, -0.15) is 0 Å². The van der Waals surface area contributed by atoms with E-state index in [0.717, 1.165) is 5.30 Å². The van der Waals surface area contributed by atoms with E-state index in [9.17, 15) is 0 Å². The first-order valence-corrected chi connectivity index (χ1v) is 21.0. The summed E-state index contributed by atoms with van der Waals surface area (Å²) >= 11 is 0. The molecule has 51 heavy (non-hydrogen) atoms. The first-order chi connectivity index (χ1) is 25.2. The van der Waals surface area contributed by atoms with Gasteiger partial charge in [-0.05, 0) is 101 Å². The van der Waals surface area contributed by atoms with Crippen LogP contribution in [0, 0.1) is 0 Å². The van der Waals surface area contributed by atoms with Crippen molar-refractivity contribution in [2.75, 3.05) is 0 Å². The predicted octanol–water partition coefficient (Wildman–Crippen LogP) is 6.93.